The average Bonchev–Trinajstić information content (AvgIpc) is 2.41. The number of ether oxygens (including phenoxy) is 1. The third kappa shape index (κ3) is 4.20. The molecule has 1 fully saturated rings. The van der Waals surface area contributed by atoms with Crippen molar-refractivity contribution >= 4 is 5.91 Å². The number of halogens is 1. The lowest BCUT2D eigenvalue weighted by atomic mass is 9.92. The topological polar surface area (TPSA) is 64.3 Å². The third-order valence-corrected chi connectivity index (χ3v) is 3.60. The summed E-state index contributed by atoms with van der Waals surface area (Å²) >= 11 is 0. The summed E-state index contributed by atoms with van der Waals surface area (Å²) in [5, 5.41) is 2.96. The maximum atomic E-state index is 13.0. The molecule has 2 rings (SSSR count). The number of benzene rings is 1. The van der Waals surface area contributed by atoms with Gasteiger partial charge in [-0.15, -0.1) is 0 Å². The van der Waals surface area contributed by atoms with Gasteiger partial charge in [-0.25, -0.2) is 4.39 Å². The highest BCUT2D eigenvalue weighted by molar-refractivity contribution is 5.81. The van der Waals surface area contributed by atoms with Crippen molar-refractivity contribution < 1.29 is 13.9 Å². The summed E-state index contributed by atoms with van der Waals surface area (Å²) in [4.78, 5) is 12.0. The van der Waals surface area contributed by atoms with E-state index < -0.39 is 6.10 Å². The van der Waals surface area contributed by atoms with Crippen LogP contribution in [0.3, 0.4) is 0 Å². The van der Waals surface area contributed by atoms with Crippen molar-refractivity contribution in [1.29, 1.82) is 0 Å². The van der Waals surface area contributed by atoms with Gasteiger partial charge in [-0.2, -0.15) is 0 Å². The number of carbonyl (C=O) groups excluding carboxylic acids is 1. The first-order valence-corrected chi connectivity index (χ1v) is 7.03. The van der Waals surface area contributed by atoms with Crippen molar-refractivity contribution in [2.75, 3.05) is 0 Å². The van der Waals surface area contributed by atoms with Gasteiger partial charge in [-0.1, -0.05) is 6.07 Å². The normalized spacial score (nSPS) is 23.9. The SMILES string of the molecule is CC(Oc1cccc(F)c1)C(=O)NC1CCC(N)CC1. The Bertz CT molecular complexity index is 459. The van der Waals surface area contributed by atoms with Crippen LogP contribution in [-0.4, -0.2) is 24.1 Å². The van der Waals surface area contributed by atoms with Gasteiger partial charge < -0.3 is 15.8 Å². The summed E-state index contributed by atoms with van der Waals surface area (Å²) < 4.78 is 18.5. The highest BCUT2D eigenvalue weighted by atomic mass is 19.1. The van der Waals surface area contributed by atoms with Crippen LogP contribution in [-0.2, 0) is 4.79 Å². The number of nitrogens with one attached hydrogen (secondary N) is 1. The first kappa shape index (κ1) is 14.8. The van der Waals surface area contributed by atoms with Gasteiger partial charge in [0.25, 0.3) is 5.91 Å². The molecule has 20 heavy (non-hydrogen) atoms. The Kier molecular flexibility index (Phi) is 4.95. The first-order valence-electron chi connectivity index (χ1n) is 7.03. The second-order valence-corrected chi connectivity index (χ2v) is 5.34. The van der Waals surface area contributed by atoms with E-state index in [2.05, 4.69) is 5.32 Å². The van der Waals surface area contributed by atoms with E-state index in [1.54, 1.807) is 19.1 Å². The summed E-state index contributed by atoms with van der Waals surface area (Å²) in [6, 6.07) is 6.21. The van der Waals surface area contributed by atoms with Gasteiger partial charge in [-0.05, 0) is 44.7 Å². The molecule has 0 heterocycles. The minimum absolute atomic E-state index is 0.167. The highest BCUT2D eigenvalue weighted by Crippen LogP contribution is 2.18. The van der Waals surface area contributed by atoms with Gasteiger partial charge in [0.05, 0.1) is 0 Å². The number of hydrogen-bond acceptors (Lipinski definition) is 3. The molecule has 0 bridgehead atoms. The van der Waals surface area contributed by atoms with Gasteiger partial charge in [0, 0.05) is 18.2 Å². The lowest BCUT2D eigenvalue weighted by molar-refractivity contribution is -0.128. The summed E-state index contributed by atoms with van der Waals surface area (Å²) in [6.07, 6.45) is 3.03. The van der Waals surface area contributed by atoms with E-state index in [1.165, 1.54) is 12.1 Å². The minimum Gasteiger partial charge on any atom is -0.481 e. The van der Waals surface area contributed by atoms with Crippen LogP contribution in [0, 0.1) is 5.82 Å². The van der Waals surface area contributed by atoms with Crippen molar-refractivity contribution in [3.05, 3.63) is 30.1 Å². The van der Waals surface area contributed by atoms with Crippen LogP contribution in [0.2, 0.25) is 0 Å². The molecule has 0 saturated heterocycles. The quantitative estimate of drug-likeness (QED) is 0.886. The van der Waals surface area contributed by atoms with E-state index in [1.807, 2.05) is 0 Å². The zero-order chi connectivity index (χ0) is 14.5. The second-order valence-electron chi connectivity index (χ2n) is 5.34. The molecule has 1 amide bonds. The van der Waals surface area contributed by atoms with Crippen molar-refractivity contribution in [3.63, 3.8) is 0 Å². The Morgan fingerprint density at radius 3 is 2.75 bits per heavy atom. The van der Waals surface area contributed by atoms with Crippen LogP contribution in [0.25, 0.3) is 0 Å². The Morgan fingerprint density at radius 1 is 1.40 bits per heavy atom. The van der Waals surface area contributed by atoms with E-state index >= 15 is 0 Å². The van der Waals surface area contributed by atoms with Crippen LogP contribution in [0.4, 0.5) is 4.39 Å². The van der Waals surface area contributed by atoms with Gasteiger partial charge in [0.15, 0.2) is 6.10 Å². The van der Waals surface area contributed by atoms with Crippen LogP contribution >= 0.6 is 0 Å². The molecule has 5 heteroatoms. The van der Waals surface area contributed by atoms with Crippen LogP contribution in [0.1, 0.15) is 32.6 Å². The molecule has 4 nitrogen and oxygen atoms in total. The number of rotatable bonds is 4. The molecular weight excluding hydrogens is 259 g/mol. The fourth-order valence-corrected chi connectivity index (χ4v) is 2.38. The van der Waals surface area contributed by atoms with E-state index in [0.717, 1.165) is 25.7 Å². The van der Waals surface area contributed by atoms with E-state index in [9.17, 15) is 9.18 Å². The molecule has 1 aliphatic carbocycles. The lowest BCUT2D eigenvalue weighted by Crippen LogP contribution is -2.45. The number of hydrogen-bond donors (Lipinski definition) is 2. The van der Waals surface area contributed by atoms with Gasteiger partial charge in [0.1, 0.15) is 11.6 Å². The summed E-state index contributed by atoms with van der Waals surface area (Å²) in [5.74, 6) is -0.190. The number of amides is 1. The second kappa shape index (κ2) is 6.70. The smallest absolute Gasteiger partial charge is 0.260 e. The van der Waals surface area contributed by atoms with Crippen molar-refractivity contribution in [2.45, 2.75) is 50.8 Å². The fourth-order valence-electron chi connectivity index (χ4n) is 2.38. The highest BCUT2D eigenvalue weighted by Gasteiger charge is 2.23. The molecule has 3 N–H and O–H groups in total. The molecule has 110 valence electrons. The van der Waals surface area contributed by atoms with E-state index in [0.29, 0.717) is 5.75 Å². The Labute approximate surface area is 118 Å². The summed E-state index contributed by atoms with van der Waals surface area (Å²) in [7, 11) is 0. The first-order chi connectivity index (χ1) is 9.54. The molecular formula is C15H21FN2O2. The average molecular weight is 280 g/mol. The fraction of sp³-hybridized carbons (Fsp3) is 0.533. The molecule has 1 aromatic rings. The van der Waals surface area contributed by atoms with Crippen molar-refractivity contribution in [1.82, 2.24) is 5.32 Å². The molecule has 1 aliphatic rings. The third-order valence-electron chi connectivity index (χ3n) is 3.60. The van der Waals surface area contributed by atoms with Crippen molar-refractivity contribution in [3.8, 4) is 5.75 Å². The maximum absolute atomic E-state index is 13.0. The summed E-state index contributed by atoms with van der Waals surface area (Å²) in [5.41, 5.74) is 5.83. The maximum Gasteiger partial charge on any atom is 0.260 e. The predicted octanol–water partition coefficient (Wildman–Crippen LogP) is 1.98. The molecule has 1 saturated carbocycles. The molecule has 1 unspecified atom stereocenters. The Morgan fingerprint density at radius 2 is 2.10 bits per heavy atom. The molecule has 1 atom stereocenters. The number of carbonyl (C=O) groups is 1. The van der Waals surface area contributed by atoms with Crippen molar-refractivity contribution in [2.24, 2.45) is 5.73 Å². The van der Waals surface area contributed by atoms with Crippen LogP contribution < -0.4 is 15.8 Å². The monoisotopic (exact) mass is 280 g/mol. The van der Waals surface area contributed by atoms with Crippen LogP contribution in [0.15, 0.2) is 24.3 Å². The zero-order valence-corrected chi connectivity index (χ0v) is 11.6. The zero-order valence-electron chi connectivity index (χ0n) is 11.6. The standard InChI is InChI=1S/C15H21FN2O2/c1-10(20-14-4-2-3-11(16)9-14)15(19)18-13-7-5-12(17)6-8-13/h2-4,9-10,12-13H,5-8,17H2,1H3,(H,18,19). The molecule has 0 spiro atoms. The largest absolute Gasteiger partial charge is 0.481 e. The minimum atomic E-state index is -0.646. The Hall–Kier alpha value is -1.62. The van der Waals surface area contributed by atoms with Gasteiger partial charge in [-0.3, -0.25) is 4.79 Å². The number of nitrogens with two attached hydrogens (primary N) is 1. The Balaban J connectivity index is 1.83. The molecule has 0 aromatic heterocycles. The van der Waals surface area contributed by atoms with E-state index in [4.69, 9.17) is 10.5 Å². The molecule has 1 aromatic carbocycles. The molecule has 0 radical (unpaired) electrons. The van der Waals surface area contributed by atoms with Crippen LogP contribution in [0.5, 0.6) is 5.75 Å². The lowest BCUT2D eigenvalue weighted by Gasteiger charge is -2.27. The van der Waals surface area contributed by atoms with Gasteiger partial charge >= 0.3 is 0 Å². The predicted molar refractivity (Wildman–Crippen MR) is 74.9 cm³/mol. The summed E-state index contributed by atoms with van der Waals surface area (Å²) in [6.45, 7) is 1.66. The van der Waals surface area contributed by atoms with E-state index in [-0.39, 0.29) is 23.8 Å². The molecule has 0 aliphatic heterocycles. The van der Waals surface area contributed by atoms with Gasteiger partial charge in [0.2, 0.25) is 0 Å².